The number of amides is 1. The topological polar surface area (TPSA) is 71.2 Å². The second-order valence-electron chi connectivity index (χ2n) is 6.34. The summed E-state index contributed by atoms with van der Waals surface area (Å²) in [5, 5.41) is 4.15. The van der Waals surface area contributed by atoms with Crippen molar-refractivity contribution in [1.82, 2.24) is 9.88 Å². The Morgan fingerprint density at radius 1 is 1.33 bits per heavy atom. The number of aromatic nitrogens is 1. The number of carbonyl (C=O) groups excluding carboxylic acids is 1. The normalized spacial score (nSPS) is 19.5. The third kappa shape index (κ3) is 3.31. The van der Waals surface area contributed by atoms with Gasteiger partial charge in [0, 0.05) is 19.6 Å². The van der Waals surface area contributed by atoms with E-state index in [4.69, 9.17) is 5.73 Å². The van der Waals surface area contributed by atoms with Gasteiger partial charge in [0.2, 0.25) is 0 Å². The zero-order valence-corrected chi connectivity index (χ0v) is 13.4. The molecule has 0 radical (unpaired) electrons. The Hall–Kier alpha value is -1.30. The Labute approximate surface area is 129 Å². The largest absolute Gasteiger partial charge is 0.382 e. The van der Waals surface area contributed by atoms with Crippen LogP contribution in [0.2, 0.25) is 0 Å². The molecule has 1 amide bonds. The third-order valence-corrected chi connectivity index (χ3v) is 5.62. The highest BCUT2D eigenvalue weighted by Gasteiger charge is 2.25. The van der Waals surface area contributed by atoms with Crippen molar-refractivity contribution in [3.8, 4) is 0 Å². The van der Waals surface area contributed by atoms with Crippen LogP contribution >= 0.6 is 11.3 Å². The first-order valence-corrected chi connectivity index (χ1v) is 8.73. The van der Waals surface area contributed by atoms with Gasteiger partial charge in [0.25, 0.3) is 5.91 Å². The van der Waals surface area contributed by atoms with Crippen LogP contribution in [0.15, 0.2) is 0 Å². The van der Waals surface area contributed by atoms with E-state index in [1.807, 2.05) is 11.9 Å². The van der Waals surface area contributed by atoms with Gasteiger partial charge in [0.15, 0.2) is 5.13 Å². The molecule has 0 aromatic carbocycles. The Bertz CT molecular complexity index is 506. The average molecular weight is 308 g/mol. The Kier molecular flexibility index (Phi) is 4.33. The minimum atomic E-state index is 0.0126. The first-order chi connectivity index (χ1) is 10.1. The van der Waals surface area contributed by atoms with Crippen LogP contribution in [0.3, 0.4) is 0 Å². The van der Waals surface area contributed by atoms with Gasteiger partial charge < -0.3 is 16.0 Å². The lowest BCUT2D eigenvalue weighted by molar-refractivity contribution is 0.0779. The molecule has 5 nitrogen and oxygen atoms in total. The van der Waals surface area contributed by atoms with Gasteiger partial charge in [-0.3, -0.25) is 4.79 Å². The fourth-order valence-corrected chi connectivity index (χ4v) is 4.07. The number of hydrogen-bond acceptors (Lipinski definition) is 5. The molecule has 0 atom stereocenters. The fourth-order valence-electron chi connectivity index (χ4n) is 3.11. The second kappa shape index (κ2) is 6.22. The molecule has 0 unspecified atom stereocenters. The van der Waals surface area contributed by atoms with E-state index in [9.17, 15) is 4.79 Å². The van der Waals surface area contributed by atoms with Crippen LogP contribution in [0, 0.1) is 5.92 Å². The summed E-state index contributed by atoms with van der Waals surface area (Å²) in [6.07, 6.45) is 8.72. The van der Waals surface area contributed by atoms with Gasteiger partial charge >= 0.3 is 0 Å². The van der Waals surface area contributed by atoms with E-state index in [0.717, 1.165) is 11.7 Å². The van der Waals surface area contributed by atoms with Crippen molar-refractivity contribution in [2.45, 2.75) is 51.0 Å². The number of nitrogens with two attached hydrogens (primary N) is 1. The van der Waals surface area contributed by atoms with Crippen LogP contribution in [0.25, 0.3) is 0 Å². The highest BCUT2D eigenvalue weighted by molar-refractivity contribution is 7.18. The minimum Gasteiger partial charge on any atom is -0.382 e. The van der Waals surface area contributed by atoms with Gasteiger partial charge in [-0.25, -0.2) is 4.98 Å². The molecule has 1 heterocycles. The van der Waals surface area contributed by atoms with Crippen molar-refractivity contribution in [3.05, 3.63) is 4.88 Å². The minimum absolute atomic E-state index is 0.0126. The number of nitrogens with one attached hydrogen (secondary N) is 1. The van der Waals surface area contributed by atoms with Gasteiger partial charge in [0.1, 0.15) is 10.7 Å². The number of hydrogen-bond donors (Lipinski definition) is 2. The Morgan fingerprint density at radius 2 is 2.05 bits per heavy atom. The zero-order valence-electron chi connectivity index (χ0n) is 12.6. The van der Waals surface area contributed by atoms with Crippen LogP contribution in [-0.4, -0.2) is 35.4 Å². The summed E-state index contributed by atoms with van der Waals surface area (Å²) in [4.78, 5) is 19.2. The predicted molar refractivity (Wildman–Crippen MR) is 86.7 cm³/mol. The zero-order chi connectivity index (χ0) is 14.8. The molecule has 2 saturated carbocycles. The maximum atomic E-state index is 12.5. The molecule has 21 heavy (non-hydrogen) atoms. The van der Waals surface area contributed by atoms with Gasteiger partial charge in [-0.1, -0.05) is 24.2 Å². The maximum absolute atomic E-state index is 12.5. The second-order valence-corrected chi connectivity index (χ2v) is 7.34. The molecular weight excluding hydrogens is 284 g/mol. The van der Waals surface area contributed by atoms with Gasteiger partial charge in [0.05, 0.1) is 0 Å². The molecule has 1 aromatic rings. The molecule has 3 N–H and O–H groups in total. The molecule has 2 aliphatic carbocycles. The van der Waals surface area contributed by atoms with Crippen molar-refractivity contribution >= 4 is 28.2 Å². The number of anilines is 2. The molecule has 0 saturated heterocycles. The summed E-state index contributed by atoms with van der Waals surface area (Å²) in [6, 6.07) is 0.509. The van der Waals surface area contributed by atoms with E-state index in [-0.39, 0.29) is 5.91 Å². The fraction of sp³-hybridized carbons (Fsp3) is 0.733. The Morgan fingerprint density at radius 3 is 2.67 bits per heavy atom. The third-order valence-electron chi connectivity index (χ3n) is 4.63. The van der Waals surface area contributed by atoms with E-state index >= 15 is 0 Å². The number of nitrogen functional groups attached to an aromatic ring is 1. The number of nitrogens with zero attached hydrogens (tertiary/aromatic N) is 2. The first-order valence-electron chi connectivity index (χ1n) is 7.92. The van der Waals surface area contributed by atoms with Crippen molar-refractivity contribution in [1.29, 1.82) is 0 Å². The van der Waals surface area contributed by atoms with E-state index < -0.39 is 0 Å². The first kappa shape index (κ1) is 14.6. The van der Waals surface area contributed by atoms with Crippen molar-refractivity contribution in [2.75, 3.05) is 24.6 Å². The van der Waals surface area contributed by atoms with Crippen LogP contribution in [0.5, 0.6) is 0 Å². The smallest absolute Gasteiger partial charge is 0.267 e. The molecule has 116 valence electrons. The molecule has 1 aromatic heterocycles. The molecular formula is C15H24N4OS. The standard InChI is InChI=1S/C15H24N4OS/c1-19(9-10-5-2-3-6-10)14(20)12-13(16)18-15(21-12)17-11-7-4-8-11/h10-11H,2-9,16H2,1H3,(H,17,18). The number of carbonyl (C=O) groups is 1. The molecule has 0 bridgehead atoms. The lowest BCUT2D eigenvalue weighted by Gasteiger charge is -2.25. The van der Waals surface area contributed by atoms with Crippen molar-refractivity contribution in [2.24, 2.45) is 5.92 Å². The van der Waals surface area contributed by atoms with Crippen molar-refractivity contribution < 1.29 is 4.79 Å². The monoisotopic (exact) mass is 308 g/mol. The highest BCUT2D eigenvalue weighted by Crippen LogP contribution is 2.31. The van der Waals surface area contributed by atoms with E-state index in [0.29, 0.717) is 22.7 Å². The molecule has 2 fully saturated rings. The lowest BCUT2D eigenvalue weighted by Crippen LogP contribution is -2.31. The lowest BCUT2D eigenvalue weighted by atomic mass is 9.93. The van der Waals surface area contributed by atoms with E-state index in [2.05, 4.69) is 10.3 Å². The molecule has 3 rings (SSSR count). The average Bonchev–Trinajstić information content (AvgIpc) is 3.03. The van der Waals surface area contributed by atoms with Gasteiger partial charge in [-0.15, -0.1) is 0 Å². The summed E-state index contributed by atoms with van der Waals surface area (Å²) < 4.78 is 0. The molecule has 6 heteroatoms. The quantitative estimate of drug-likeness (QED) is 0.877. The highest BCUT2D eigenvalue weighted by atomic mass is 32.1. The number of rotatable bonds is 5. The molecule has 0 aliphatic heterocycles. The summed E-state index contributed by atoms with van der Waals surface area (Å²) in [5.41, 5.74) is 5.94. The summed E-state index contributed by atoms with van der Waals surface area (Å²) >= 11 is 1.39. The Balaban J connectivity index is 1.62. The summed E-state index contributed by atoms with van der Waals surface area (Å²) in [7, 11) is 1.87. The number of thiazole rings is 1. The van der Waals surface area contributed by atoms with Crippen LogP contribution in [0.4, 0.5) is 10.9 Å². The SMILES string of the molecule is CN(CC1CCCC1)C(=O)c1sc(NC2CCC2)nc1N. The maximum Gasteiger partial charge on any atom is 0.267 e. The van der Waals surface area contributed by atoms with Gasteiger partial charge in [-0.05, 0) is 38.0 Å². The van der Waals surface area contributed by atoms with Crippen LogP contribution < -0.4 is 11.1 Å². The molecule has 2 aliphatic rings. The summed E-state index contributed by atoms with van der Waals surface area (Å²) in [6.45, 7) is 0.835. The van der Waals surface area contributed by atoms with Crippen LogP contribution in [-0.2, 0) is 0 Å². The van der Waals surface area contributed by atoms with E-state index in [1.54, 1.807) is 0 Å². The predicted octanol–water partition coefficient (Wildman–Crippen LogP) is 2.95. The van der Waals surface area contributed by atoms with Gasteiger partial charge in [-0.2, -0.15) is 0 Å². The van der Waals surface area contributed by atoms with E-state index in [1.165, 1.54) is 56.3 Å². The summed E-state index contributed by atoms with van der Waals surface area (Å²) in [5.74, 6) is 1.03. The molecule has 0 spiro atoms. The van der Waals surface area contributed by atoms with Crippen molar-refractivity contribution in [3.63, 3.8) is 0 Å². The van der Waals surface area contributed by atoms with Crippen LogP contribution in [0.1, 0.15) is 54.6 Å².